The first-order valence-corrected chi connectivity index (χ1v) is 7.13. The molecule has 0 aliphatic carbocycles. The van der Waals surface area contributed by atoms with Gasteiger partial charge < -0.3 is 10.3 Å². The van der Waals surface area contributed by atoms with Crippen molar-refractivity contribution in [2.75, 3.05) is 6.54 Å². The molecule has 0 saturated carbocycles. The van der Waals surface area contributed by atoms with E-state index in [2.05, 4.69) is 50.6 Å². The molecule has 1 aromatic carbocycles. The van der Waals surface area contributed by atoms with Gasteiger partial charge in [-0.15, -0.1) is 0 Å². The predicted molar refractivity (Wildman–Crippen MR) is 81.2 cm³/mol. The van der Waals surface area contributed by atoms with Crippen molar-refractivity contribution in [1.29, 1.82) is 0 Å². The molecular weight excluding hydrogens is 234 g/mol. The Bertz CT molecular complexity index is 554. The molecule has 0 spiro atoms. The maximum Gasteiger partial charge on any atom is 0.109 e. The van der Waals surface area contributed by atoms with Gasteiger partial charge in [-0.25, -0.2) is 4.98 Å². The average Bonchev–Trinajstić information content (AvgIpc) is 2.64. The number of imidazole rings is 1. The highest BCUT2D eigenvalue weighted by Crippen LogP contribution is 2.20. The van der Waals surface area contributed by atoms with Gasteiger partial charge >= 0.3 is 0 Å². The summed E-state index contributed by atoms with van der Waals surface area (Å²) in [5.74, 6) is 2.36. The van der Waals surface area contributed by atoms with Crippen LogP contribution in [0, 0.1) is 18.8 Å². The molecule has 0 amide bonds. The minimum absolute atomic E-state index is 0.525. The van der Waals surface area contributed by atoms with Crippen molar-refractivity contribution in [1.82, 2.24) is 9.55 Å². The summed E-state index contributed by atoms with van der Waals surface area (Å²) in [6.07, 6.45) is 2.14. The van der Waals surface area contributed by atoms with Crippen molar-refractivity contribution < 1.29 is 0 Å². The van der Waals surface area contributed by atoms with E-state index < -0.39 is 0 Å². The lowest BCUT2D eigenvalue weighted by molar-refractivity contribution is 0.406. The van der Waals surface area contributed by atoms with E-state index in [9.17, 15) is 0 Å². The Balaban J connectivity index is 2.27. The molecule has 19 heavy (non-hydrogen) atoms. The number of nitrogens with zero attached hydrogens (tertiary/aromatic N) is 2. The van der Waals surface area contributed by atoms with E-state index in [1.807, 2.05) is 0 Å². The van der Waals surface area contributed by atoms with Gasteiger partial charge in [0.25, 0.3) is 0 Å². The summed E-state index contributed by atoms with van der Waals surface area (Å²) < 4.78 is 2.21. The number of aryl methyl sites for hydroxylation is 2. The molecular formula is C16H25N3. The van der Waals surface area contributed by atoms with Crippen molar-refractivity contribution >= 4 is 11.0 Å². The zero-order valence-corrected chi connectivity index (χ0v) is 12.5. The molecule has 1 unspecified atom stereocenters. The standard InChI is InChI=1S/C16H25N3/c1-11(2)7-13(10-17)9-16-18-14-8-12(3)5-6-15(14)19(16)4/h5-6,8,11,13H,7,9-10,17H2,1-4H3. The quantitative estimate of drug-likeness (QED) is 0.897. The molecule has 0 bridgehead atoms. The van der Waals surface area contributed by atoms with Gasteiger partial charge in [0.1, 0.15) is 5.82 Å². The highest BCUT2D eigenvalue weighted by Gasteiger charge is 2.15. The van der Waals surface area contributed by atoms with Gasteiger partial charge in [0.05, 0.1) is 11.0 Å². The molecule has 0 aliphatic heterocycles. The van der Waals surface area contributed by atoms with Crippen molar-refractivity contribution in [3.8, 4) is 0 Å². The van der Waals surface area contributed by atoms with E-state index in [1.54, 1.807) is 0 Å². The van der Waals surface area contributed by atoms with Crippen LogP contribution >= 0.6 is 0 Å². The number of hydrogen-bond acceptors (Lipinski definition) is 2. The Labute approximate surface area is 115 Å². The largest absolute Gasteiger partial charge is 0.331 e. The Kier molecular flexibility index (Phi) is 4.25. The third-order valence-electron chi connectivity index (χ3n) is 3.74. The second-order valence-corrected chi connectivity index (χ2v) is 6.01. The van der Waals surface area contributed by atoms with E-state index in [-0.39, 0.29) is 0 Å². The van der Waals surface area contributed by atoms with Gasteiger partial charge in [-0.2, -0.15) is 0 Å². The summed E-state index contributed by atoms with van der Waals surface area (Å²) in [5, 5.41) is 0. The van der Waals surface area contributed by atoms with Crippen molar-refractivity contribution in [2.24, 2.45) is 24.6 Å². The Morgan fingerprint density at radius 1 is 1.32 bits per heavy atom. The first kappa shape index (κ1) is 14.1. The first-order valence-electron chi connectivity index (χ1n) is 7.13. The number of aromatic nitrogens is 2. The number of nitrogens with two attached hydrogens (primary N) is 1. The molecule has 0 fully saturated rings. The zero-order chi connectivity index (χ0) is 14.0. The molecule has 3 heteroatoms. The van der Waals surface area contributed by atoms with Crippen molar-refractivity contribution in [2.45, 2.75) is 33.6 Å². The van der Waals surface area contributed by atoms with Gasteiger partial charge in [0.2, 0.25) is 0 Å². The maximum atomic E-state index is 5.90. The van der Waals surface area contributed by atoms with Crippen LogP contribution in [0.25, 0.3) is 11.0 Å². The Morgan fingerprint density at radius 2 is 2.05 bits per heavy atom. The molecule has 2 N–H and O–H groups in total. The monoisotopic (exact) mass is 259 g/mol. The van der Waals surface area contributed by atoms with E-state index in [4.69, 9.17) is 10.7 Å². The lowest BCUT2D eigenvalue weighted by atomic mass is 9.94. The predicted octanol–water partition coefficient (Wildman–Crippen LogP) is 3.05. The Morgan fingerprint density at radius 3 is 2.68 bits per heavy atom. The molecule has 1 heterocycles. The summed E-state index contributed by atoms with van der Waals surface area (Å²) in [7, 11) is 2.10. The second kappa shape index (κ2) is 5.74. The van der Waals surface area contributed by atoms with Gasteiger partial charge in [-0.05, 0) is 49.4 Å². The summed E-state index contributed by atoms with van der Waals surface area (Å²) >= 11 is 0. The maximum absolute atomic E-state index is 5.90. The number of benzene rings is 1. The normalized spacial score (nSPS) is 13.4. The third-order valence-corrected chi connectivity index (χ3v) is 3.74. The minimum Gasteiger partial charge on any atom is -0.331 e. The topological polar surface area (TPSA) is 43.8 Å². The molecule has 2 aromatic rings. The van der Waals surface area contributed by atoms with Crippen LogP contribution in [-0.2, 0) is 13.5 Å². The van der Waals surface area contributed by atoms with Gasteiger partial charge in [-0.3, -0.25) is 0 Å². The van der Waals surface area contributed by atoms with Gasteiger partial charge in [0.15, 0.2) is 0 Å². The van der Waals surface area contributed by atoms with Crippen LogP contribution in [0.15, 0.2) is 18.2 Å². The van der Waals surface area contributed by atoms with E-state index in [0.717, 1.165) is 24.3 Å². The van der Waals surface area contributed by atoms with E-state index in [0.29, 0.717) is 11.8 Å². The highest BCUT2D eigenvalue weighted by atomic mass is 15.1. The van der Waals surface area contributed by atoms with E-state index >= 15 is 0 Å². The average molecular weight is 259 g/mol. The van der Waals surface area contributed by atoms with Crippen LogP contribution < -0.4 is 5.73 Å². The van der Waals surface area contributed by atoms with Crippen LogP contribution in [0.2, 0.25) is 0 Å². The molecule has 2 rings (SSSR count). The van der Waals surface area contributed by atoms with Crippen molar-refractivity contribution in [3.05, 3.63) is 29.6 Å². The summed E-state index contributed by atoms with van der Waals surface area (Å²) in [6.45, 7) is 7.34. The summed E-state index contributed by atoms with van der Waals surface area (Å²) in [5.41, 5.74) is 9.46. The molecule has 1 atom stereocenters. The Hall–Kier alpha value is -1.35. The fourth-order valence-corrected chi connectivity index (χ4v) is 2.73. The van der Waals surface area contributed by atoms with E-state index in [1.165, 1.54) is 17.5 Å². The smallest absolute Gasteiger partial charge is 0.109 e. The SMILES string of the molecule is Cc1ccc2c(c1)nc(CC(CN)CC(C)C)n2C. The number of rotatable bonds is 5. The van der Waals surface area contributed by atoms with Crippen LogP contribution in [0.3, 0.4) is 0 Å². The summed E-state index contributed by atoms with van der Waals surface area (Å²) in [6, 6.07) is 6.45. The molecule has 3 nitrogen and oxygen atoms in total. The number of hydrogen-bond donors (Lipinski definition) is 1. The lowest BCUT2D eigenvalue weighted by Gasteiger charge is -2.16. The molecule has 0 saturated heterocycles. The lowest BCUT2D eigenvalue weighted by Crippen LogP contribution is -2.20. The van der Waals surface area contributed by atoms with Gasteiger partial charge in [0, 0.05) is 13.5 Å². The van der Waals surface area contributed by atoms with Crippen LogP contribution in [-0.4, -0.2) is 16.1 Å². The number of fused-ring (bicyclic) bond motifs is 1. The second-order valence-electron chi connectivity index (χ2n) is 6.01. The first-order chi connectivity index (χ1) is 9.01. The highest BCUT2D eigenvalue weighted by molar-refractivity contribution is 5.76. The fraction of sp³-hybridized carbons (Fsp3) is 0.562. The zero-order valence-electron chi connectivity index (χ0n) is 12.5. The molecule has 1 aromatic heterocycles. The summed E-state index contributed by atoms with van der Waals surface area (Å²) in [4.78, 5) is 4.78. The fourth-order valence-electron chi connectivity index (χ4n) is 2.73. The molecule has 104 valence electrons. The molecule has 0 aliphatic rings. The van der Waals surface area contributed by atoms with Crippen LogP contribution in [0.5, 0.6) is 0 Å². The van der Waals surface area contributed by atoms with Crippen LogP contribution in [0.1, 0.15) is 31.7 Å². The van der Waals surface area contributed by atoms with Gasteiger partial charge in [-0.1, -0.05) is 19.9 Å². The van der Waals surface area contributed by atoms with Crippen LogP contribution in [0.4, 0.5) is 0 Å². The minimum atomic E-state index is 0.525. The molecule has 0 radical (unpaired) electrons. The van der Waals surface area contributed by atoms with Crippen molar-refractivity contribution in [3.63, 3.8) is 0 Å². The third kappa shape index (κ3) is 3.16.